The van der Waals surface area contributed by atoms with Crippen LogP contribution < -0.4 is 0 Å². The molecule has 0 amide bonds. The van der Waals surface area contributed by atoms with Gasteiger partial charge in [0.2, 0.25) is 0 Å². The van der Waals surface area contributed by atoms with Crippen molar-refractivity contribution >= 4 is 46.8 Å². The average molecular weight is 308 g/mol. The van der Waals surface area contributed by atoms with E-state index < -0.39 is 0 Å². The lowest BCUT2D eigenvalue weighted by Crippen LogP contribution is -2.06. The van der Waals surface area contributed by atoms with E-state index in [2.05, 4.69) is 24.0 Å². The predicted molar refractivity (Wildman–Crippen MR) is 75.6 cm³/mol. The summed E-state index contributed by atoms with van der Waals surface area (Å²) in [7, 11) is 0. The van der Waals surface area contributed by atoms with Gasteiger partial charge in [-0.1, -0.05) is 37.0 Å². The molecule has 0 saturated carbocycles. The van der Waals surface area contributed by atoms with Gasteiger partial charge in [0.05, 0.1) is 9.90 Å². The molecule has 0 aliphatic rings. The number of H-pyrrole nitrogens is 1. The molecule has 0 saturated heterocycles. The minimum absolute atomic E-state index is 0.478. The zero-order valence-electron chi connectivity index (χ0n) is 9.33. The molecule has 0 bridgehead atoms. The van der Waals surface area contributed by atoms with Gasteiger partial charge < -0.3 is 0 Å². The molecular weight excluding hydrogens is 297 g/mol. The molecule has 2 aromatic rings. The first-order valence-electron chi connectivity index (χ1n) is 5.09. The Balaban J connectivity index is 2.52. The van der Waals surface area contributed by atoms with E-state index in [1.165, 1.54) is 11.3 Å². The van der Waals surface area contributed by atoms with E-state index in [0.717, 1.165) is 17.9 Å². The Labute approximate surface area is 118 Å². The minimum atomic E-state index is 0.478. The van der Waals surface area contributed by atoms with Gasteiger partial charge in [-0.25, -0.2) is 0 Å². The Morgan fingerprint density at radius 3 is 2.76 bits per heavy atom. The monoisotopic (exact) mass is 307 g/mol. The van der Waals surface area contributed by atoms with Crippen molar-refractivity contribution in [3.05, 3.63) is 19.5 Å². The third-order valence-electron chi connectivity index (χ3n) is 2.20. The lowest BCUT2D eigenvalue weighted by molar-refractivity contribution is 0.521. The van der Waals surface area contributed by atoms with Crippen LogP contribution in [0.25, 0.3) is 11.4 Å². The predicted octanol–water partition coefficient (Wildman–Crippen LogP) is 4.63. The van der Waals surface area contributed by atoms with Crippen LogP contribution in [0.4, 0.5) is 0 Å². The van der Waals surface area contributed by atoms with E-state index in [0.29, 0.717) is 19.4 Å². The van der Waals surface area contributed by atoms with Crippen LogP contribution in [0.3, 0.4) is 0 Å². The van der Waals surface area contributed by atoms with E-state index in [9.17, 15) is 0 Å². The highest BCUT2D eigenvalue weighted by Crippen LogP contribution is 2.37. The Hall–Kier alpha value is -0.360. The standard InChI is InChI=1S/C10H11Cl2N3S2/c1-5(2)4-15-9(13-14-10(15)16)6-3-7(11)17-8(6)12/h3,5H,4H2,1-2H3,(H,14,16). The Bertz CT molecular complexity index is 583. The van der Waals surface area contributed by atoms with Gasteiger partial charge in [0.25, 0.3) is 0 Å². The van der Waals surface area contributed by atoms with Gasteiger partial charge in [0.15, 0.2) is 10.6 Å². The molecule has 2 heterocycles. The van der Waals surface area contributed by atoms with Crippen LogP contribution in [-0.4, -0.2) is 14.8 Å². The second-order valence-corrected chi connectivity index (χ2v) is 6.77. The molecule has 92 valence electrons. The number of nitrogens with one attached hydrogen (secondary N) is 1. The minimum Gasteiger partial charge on any atom is -0.300 e. The van der Waals surface area contributed by atoms with Crippen LogP contribution in [-0.2, 0) is 6.54 Å². The molecule has 0 spiro atoms. The van der Waals surface area contributed by atoms with Crippen molar-refractivity contribution in [2.24, 2.45) is 5.92 Å². The first kappa shape index (κ1) is 13.1. The second kappa shape index (κ2) is 5.10. The van der Waals surface area contributed by atoms with Gasteiger partial charge in [0.1, 0.15) is 4.34 Å². The highest BCUT2D eigenvalue weighted by Gasteiger charge is 2.15. The van der Waals surface area contributed by atoms with Gasteiger partial charge >= 0.3 is 0 Å². The van der Waals surface area contributed by atoms with Crippen LogP contribution in [0.2, 0.25) is 8.67 Å². The number of hydrogen-bond acceptors (Lipinski definition) is 3. The van der Waals surface area contributed by atoms with Crippen molar-refractivity contribution in [2.75, 3.05) is 0 Å². The van der Waals surface area contributed by atoms with E-state index in [4.69, 9.17) is 35.4 Å². The smallest absolute Gasteiger partial charge is 0.195 e. The Morgan fingerprint density at radius 2 is 2.24 bits per heavy atom. The number of aromatic nitrogens is 3. The largest absolute Gasteiger partial charge is 0.300 e. The normalized spacial score (nSPS) is 11.4. The fourth-order valence-corrected chi connectivity index (χ4v) is 3.21. The Kier molecular flexibility index (Phi) is 3.92. The summed E-state index contributed by atoms with van der Waals surface area (Å²) in [6.07, 6.45) is 0. The molecule has 0 radical (unpaired) electrons. The summed E-state index contributed by atoms with van der Waals surface area (Å²) < 4.78 is 3.83. The lowest BCUT2D eigenvalue weighted by Gasteiger charge is -2.08. The summed E-state index contributed by atoms with van der Waals surface area (Å²) in [5.74, 6) is 1.22. The van der Waals surface area contributed by atoms with E-state index >= 15 is 0 Å². The third kappa shape index (κ3) is 2.73. The van der Waals surface area contributed by atoms with E-state index in [1.807, 2.05) is 10.6 Å². The second-order valence-electron chi connectivity index (χ2n) is 4.09. The fourth-order valence-electron chi connectivity index (χ4n) is 1.55. The lowest BCUT2D eigenvalue weighted by atomic mass is 10.2. The number of aromatic amines is 1. The number of hydrogen-bond donors (Lipinski definition) is 1. The summed E-state index contributed by atoms with van der Waals surface area (Å²) in [5.41, 5.74) is 0.828. The maximum Gasteiger partial charge on any atom is 0.195 e. The summed E-state index contributed by atoms with van der Waals surface area (Å²) in [5, 5.41) is 7.02. The number of halogens is 2. The van der Waals surface area contributed by atoms with Crippen LogP contribution in [0.5, 0.6) is 0 Å². The quantitative estimate of drug-likeness (QED) is 0.839. The molecule has 3 nitrogen and oxygen atoms in total. The van der Waals surface area contributed by atoms with Crippen molar-refractivity contribution < 1.29 is 0 Å². The average Bonchev–Trinajstić information content (AvgIpc) is 2.71. The molecule has 2 rings (SSSR count). The van der Waals surface area contributed by atoms with Gasteiger partial charge in [-0.2, -0.15) is 5.10 Å². The highest BCUT2D eigenvalue weighted by atomic mass is 35.5. The van der Waals surface area contributed by atoms with Crippen LogP contribution >= 0.6 is 46.8 Å². The Morgan fingerprint density at radius 1 is 1.53 bits per heavy atom. The van der Waals surface area contributed by atoms with Gasteiger partial charge in [-0.05, 0) is 24.2 Å². The van der Waals surface area contributed by atoms with Crippen molar-refractivity contribution in [3.63, 3.8) is 0 Å². The molecule has 0 fully saturated rings. The van der Waals surface area contributed by atoms with Gasteiger partial charge in [-0.15, -0.1) is 11.3 Å². The van der Waals surface area contributed by atoms with Crippen LogP contribution in [0.1, 0.15) is 13.8 Å². The van der Waals surface area contributed by atoms with Crippen molar-refractivity contribution in [1.29, 1.82) is 0 Å². The molecule has 1 N–H and O–H groups in total. The molecule has 17 heavy (non-hydrogen) atoms. The van der Waals surface area contributed by atoms with E-state index in [1.54, 1.807) is 0 Å². The van der Waals surface area contributed by atoms with Crippen molar-refractivity contribution in [3.8, 4) is 11.4 Å². The zero-order chi connectivity index (χ0) is 12.6. The molecule has 2 aromatic heterocycles. The molecule has 0 aromatic carbocycles. The SMILES string of the molecule is CC(C)Cn1c(-c2cc(Cl)sc2Cl)n[nH]c1=S. The molecular formula is C10H11Cl2N3S2. The maximum atomic E-state index is 6.13. The summed E-state index contributed by atoms with van der Waals surface area (Å²) in [6.45, 7) is 5.05. The molecule has 0 unspecified atom stereocenters. The topological polar surface area (TPSA) is 33.6 Å². The molecule has 7 heteroatoms. The fraction of sp³-hybridized carbons (Fsp3) is 0.400. The van der Waals surface area contributed by atoms with Gasteiger partial charge in [0, 0.05) is 6.54 Å². The third-order valence-corrected chi connectivity index (χ3v) is 4.00. The van der Waals surface area contributed by atoms with Crippen molar-refractivity contribution in [1.82, 2.24) is 14.8 Å². The summed E-state index contributed by atoms with van der Waals surface area (Å²) >= 11 is 18.6. The van der Waals surface area contributed by atoms with Crippen LogP contribution in [0.15, 0.2) is 6.07 Å². The molecule has 0 aliphatic carbocycles. The summed E-state index contributed by atoms with van der Waals surface area (Å²) in [6, 6.07) is 1.82. The van der Waals surface area contributed by atoms with Crippen LogP contribution in [0, 0.1) is 10.7 Å². The van der Waals surface area contributed by atoms with E-state index in [-0.39, 0.29) is 0 Å². The number of rotatable bonds is 3. The summed E-state index contributed by atoms with van der Waals surface area (Å²) in [4.78, 5) is 0. The number of nitrogens with zero attached hydrogens (tertiary/aromatic N) is 2. The van der Waals surface area contributed by atoms with Gasteiger partial charge in [-0.3, -0.25) is 9.67 Å². The molecule has 0 aliphatic heterocycles. The first-order valence-corrected chi connectivity index (χ1v) is 7.07. The highest BCUT2D eigenvalue weighted by molar-refractivity contribution is 7.71. The zero-order valence-corrected chi connectivity index (χ0v) is 12.5. The molecule has 0 atom stereocenters. The first-order chi connectivity index (χ1) is 7.99. The van der Waals surface area contributed by atoms with Crippen molar-refractivity contribution in [2.45, 2.75) is 20.4 Å². The number of thiophene rings is 1. The maximum absolute atomic E-state index is 6.13.